The lowest BCUT2D eigenvalue weighted by Crippen LogP contribution is -2.42. The van der Waals surface area contributed by atoms with Crippen LogP contribution in [0, 0.1) is 13.8 Å². The van der Waals surface area contributed by atoms with Crippen molar-refractivity contribution in [3.8, 4) is 0 Å². The molecule has 0 bridgehead atoms. The number of carbonyl (C=O) groups is 2. The van der Waals surface area contributed by atoms with Crippen LogP contribution >= 0.6 is 15.9 Å². The molecule has 1 unspecified atom stereocenters. The van der Waals surface area contributed by atoms with E-state index in [0.717, 1.165) is 10.0 Å². The van der Waals surface area contributed by atoms with Gasteiger partial charge in [0.2, 0.25) is 0 Å². The van der Waals surface area contributed by atoms with Crippen molar-refractivity contribution >= 4 is 33.3 Å². The second-order valence-electron chi connectivity index (χ2n) is 7.66. The van der Waals surface area contributed by atoms with Crippen molar-refractivity contribution in [3.05, 3.63) is 87.3 Å². The highest BCUT2D eigenvalue weighted by molar-refractivity contribution is 9.10. The summed E-state index contributed by atoms with van der Waals surface area (Å²) in [6.45, 7) is 3.90. The van der Waals surface area contributed by atoms with E-state index in [9.17, 15) is 14.7 Å². The van der Waals surface area contributed by atoms with Gasteiger partial charge >= 0.3 is 0 Å². The average molecular weight is 468 g/mol. The third kappa shape index (κ3) is 3.50. The molecule has 0 saturated heterocycles. The van der Waals surface area contributed by atoms with Crippen LogP contribution in [0.15, 0.2) is 63.7 Å². The molecule has 1 amide bonds. The molecule has 4 rings (SSSR count). The highest BCUT2D eigenvalue weighted by Gasteiger charge is 2.51. The monoisotopic (exact) mass is 467 g/mol. The lowest BCUT2D eigenvalue weighted by atomic mass is 9.87. The van der Waals surface area contributed by atoms with Crippen LogP contribution in [0.25, 0.3) is 0 Å². The Morgan fingerprint density at radius 1 is 1.17 bits per heavy atom. The molecule has 1 aliphatic heterocycles. The first-order valence-electron chi connectivity index (χ1n) is 9.77. The maximum atomic E-state index is 13.4. The summed E-state index contributed by atoms with van der Waals surface area (Å²) in [5.74, 6) is -0.300. The Hall–Kier alpha value is -2.70. The van der Waals surface area contributed by atoms with Gasteiger partial charge in [-0.1, -0.05) is 46.3 Å². The third-order valence-corrected chi connectivity index (χ3v) is 6.11. The number of halogens is 1. The van der Waals surface area contributed by atoms with Crippen molar-refractivity contribution in [2.75, 3.05) is 11.4 Å². The smallest absolute Gasteiger partial charge is 0.264 e. The molecule has 2 aromatic carbocycles. The summed E-state index contributed by atoms with van der Waals surface area (Å²) in [6, 6.07) is 15.2. The number of benzene rings is 2. The Morgan fingerprint density at radius 3 is 2.57 bits per heavy atom. The van der Waals surface area contributed by atoms with Crippen LogP contribution < -0.4 is 4.90 Å². The van der Waals surface area contributed by atoms with Crippen LogP contribution in [0.2, 0.25) is 0 Å². The van der Waals surface area contributed by atoms with Gasteiger partial charge in [-0.15, -0.1) is 0 Å². The maximum absolute atomic E-state index is 13.4. The van der Waals surface area contributed by atoms with E-state index in [4.69, 9.17) is 4.42 Å². The van der Waals surface area contributed by atoms with Gasteiger partial charge in [-0.3, -0.25) is 9.59 Å². The van der Waals surface area contributed by atoms with E-state index in [1.807, 2.05) is 36.4 Å². The van der Waals surface area contributed by atoms with Crippen molar-refractivity contribution in [2.24, 2.45) is 0 Å². The van der Waals surface area contributed by atoms with E-state index in [2.05, 4.69) is 15.9 Å². The summed E-state index contributed by atoms with van der Waals surface area (Å²) in [5, 5.41) is 11.5. The predicted octanol–water partition coefficient (Wildman–Crippen LogP) is 4.71. The van der Waals surface area contributed by atoms with Crippen LogP contribution in [0.4, 0.5) is 5.69 Å². The summed E-state index contributed by atoms with van der Waals surface area (Å²) >= 11 is 3.42. The zero-order valence-electron chi connectivity index (χ0n) is 16.8. The Labute approximate surface area is 183 Å². The fourth-order valence-corrected chi connectivity index (χ4v) is 4.47. The van der Waals surface area contributed by atoms with E-state index in [-0.39, 0.29) is 12.2 Å². The molecule has 6 heteroatoms. The van der Waals surface area contributed by atoms with Crippen molar-refractivity contribution in [1.29, 1.82) is 0 Å². The van der Waals surface area contributed by atoms with Crippen molar-refractivity contribution in [3.63, 3.8) is 0 Å². The summed E-state index contributed by atoms with van der Waals surface area (Å²) in [4.78, 5) is 28.0. The molecule has 3 aromatic rings. The van der Waals surface area contributed by atoms with Gasteiger partial charge in [-0.2, -0.15) is 0 Å². The fraction of sp³-hybridized carbons (Fsp3) is 0.250. The maximum Gasteiger partial charge on any atom is 0.264 e. The number of rotatable bonds is 6. The van der Waals surface area contributed by atoms with Gasteiger partial charge in [0.15, 0.2) is 11.4 Å². The molecule has 1 N–H and O–H groups in total. The predicted molar refractivity (Wildman–Crippen MR) is 118 cm³/mol. The highest BCUT2D eigenvalue weighted by atomic mass is 79.9. The van der Waals surface area contributed by atoms with E-state index in [1.54, 1.807) is 30.9 Å². The van der Waals surface area contributed by atoms with Crippen molar-refractivity contribution < 1.29 is 19.1 Å². The largest absolute Gasteiger partial charge is 0.469 e. The van der Waals surface area contributed by atoms with Gasteiger partial charge in [0, 0.05) is 16.6 Å². The number of amides is 1. The molecule has 1 aromatic heterocycles. The molecular formula is C24H22BrNO4. The Balaban J connectivity index is 1.67. The number of hydrogen-bond acceptors (Lipinski definition) is 4. The zero-order chi connectivity index (χ0) is 21.5. The molecule has 5 nitrogen and oxygen atoms in total. The lowest BCUT2D eigenvalue weighted by Gasteiger charge is -2.23. The zero-order valence-corrected chi connectivity index (χ0v) is 18.4. The second kappa shape index (κ2) is 7.85. The summed E-state index contributed by atoms with van der Waals surface area (Å²) in [7, 11) is 0. The quantitative estimate of drug-likeness (QED) is 0.532. The minimum absolute atomic E-state index is 0.314. The number of aliphatic hydroxyl groups is 1. The fourth-order valence-electron chi connectivity index (χ4n) is 4.11. The van der Waals surface area contributed by atoms with Crippen LogP contribution in [0.1, 0.15) is 39.2 Å². The van der Waals surface area contributed by atoms with Crippen molar-refractivity contribution in [2.45, 2.75) is 32.3 Å². The first-order chi connectivity index (χ1) is 14.3. The Bertz CT molecular complexity index is 1100. The molecule has 1 aliphatic rings. The summed E-state index contributed by atoms with van der Waals surface area (Å²) in [5.41, 5.74) is 1.39. The lowest BCUT2D eigenvalue weighted by molar-refractivity contribution is -0.135. The molecule has 154 valence electrons. The second-order valence-corrected chi connectivity index (χ2v) is 8.58. The molecule has 0 saturated carbocycles. The van der Waals surface area contributed by atoms with E-state index >= 15 is 0 Å². The Kier molecular flexibility index (Phi) is 5.38. The summed E-state index contributed by atoms with van der Waals surface area (Å²) in [6.07, 6.45) is 1.82. The molecule has 1 atom stereocenters. The van der Waals surface area contributed by atoms with Crippen LogP contribution in [-0.2, 0) is 16.8 Å². The van der Waals surface area contributed by atoms with Crippen molar-refractivity contribution in [1.82, 2.24) is 0 Å². The molecule has 0 aliphatic carbocycles. The van der Waals surface area contributed by atoms with Gasteiger partial charge in [-0.25, -0.2) is 0 Å². The number of anilines is 1. The standard InChI is InChI=1S/C24H22BrNO4/c1-15-14-30-16(2)22(15)21(27)13-24(29)19-12-18(25)8-9-20(19)26(23(24)28)11-10-17-6-4-3-5-7-17/h3-9,12,14,29H,10-11,13H2,1-2H3. The number of aryl methyl sites for hydroxylation is 2. The molecule has 30 heavy (non-hydrogen) atoms. The molecule has 0 fully saturated rings. The van der Waals surface area contributed by atoms with E-state index < -0.39 is 11.5 Å². The van der Waals surface area contributed by atoms with Crippen LogP contribution in [-0.4, -0.2) is 23.3 Å². The number of fused-ring (bicyclic) bond motifs is 1. The number of nitrogens with zero attached hydrogens (tertiary/aromatic N) is 1. The molecule has 2 heterocycles. The normalized spacial score (nSPS) is 18.0. The number of carbonyl (C=O) groups excluding carboxylic acids is 2. The van der Waals surface area contributed by atoms with Gasteiger partial charge in [-0.05, 0) is 49.6 Å². The Morgan fingerprint density at radius 2 is 1.90 bits per heavy atom. The van der Waals surface area contributed by atoms with Gasteiger partial charge in [0.1, 0.15) is 5.76 Å². The van der Waals surface area contributed by atoms with E-state index in [1.165, 1.54) is 6.26 Å². The van der Waals surface area contributed by atoms with Crippen LogP contribution in [0.3, 0.4) is 0 Å². The molecule has 0 radical (unpaired) electrons. The number of ketones is 1. The minimum Gasteiger partial charge on any atom is -0.469 e. The SMILES string of the molecule is Cc1coc(C)c1C(=O)CC1(O)C(=O)N(CCc2ccccc2)c2ccc(Br)cc21. The number of hydrogen-bond donors (Lipinski definition) is 1. The third-order valence-electron chi connectivity index (χ3n) is 5.61. The highest BCUT2D eigenvalue weighted by Crippen LogP contribution is 2.44. The van der Waals surface area contributed by atoms with E-state index in [0.29, 0.717) is 41.1 Å². The minimum atomic E-state index is -1.91. The molecule has 0 spiro atoms. The average Bonchev–Trinajstić information content (AvgIpc) is 3.16. The topological polar surface area (TPSA) is 70.7 Å². The van der Waals surface area contributed by atoms with Gasteiger partial charge in [0.05, 0.1) is 23.9 Å². The summed E-state index contributed by atoms with van der Waals surface area (Å²) < 4.78 is 6.07. The van der Waals surface area contributed by atoms with Gasteiger partial charge in [0.25, 0.3) is 5.91 Å². The first kappa shape index (κ1) is 20.6. The molecular weight excluding hydrogens is 446 g/mol. The number of Topliss-reactive ketones (excluding diaryl/α,β-unsaturated/α-hetero) is 1. The van der Waals surface area contributed by atoms with Crippen LogP contribution in [0.5, 0.6) is 0 Å². The first-order valence-corrected chi connectivity index (χ1v) is 10.6. The number of furan rings is 1. The van der Waals surface area contributed by atoms with Gasteiger partial charge < -0.3 is 14.4 Å².